The van der Waals surface area contributed by atoms with E-state index in [0.29, 0.717) is 13.1 Å². The third-order valence-corrected chi connectivity index (χ3v) is 8.51. The Morgan fingerprint density at radius 2 is 1.97 bits per heavy atom. The predicted molar refractivity (Wildman–Crippen MR) is 140 cm³/mol. The van der Waals surface area contributed by atoms with Crippen molar-refractivity contribution in [2.45, 2.75) is 13.1 Å². The highest BCUT2D eigenvalue weighted by Gasteiger charge is 2.17. The molecule has 0 saturated carbocycles. The first-order valence-corrected chi connectivity index (χ1v) is 13.0. The smallest absolute Gasteiger partial charge is 0.319 e. The summed E-state index contributed by atoms with van der Waals surface area (Å²) in [7, 11) is 0. The van der Waals surface area contributed by atoms with E-state index in [0.717, 1.165) is 32.4 Å². The van der Waals surface area contributed by atoms with Gasteiger partial charge in [-0.3, -0.25) is 4.99 Å². The molecule has 0 bridgehead atoms. The van der Waals surface area contributed by atoms with E-state index in [4.69, 9.17) is 0 Å². The molecule has 3 aromatic heterocycles. The van der Waals surface area contributed by atoms with Gasteiger partial charge in [0.15, 0.2) is 0 Å². The highest BCUT2D eigenvalue weighted by Crippen LogP contribution is 2.39. The topological polar surface area (TPSA) is 66.4 Å². The van der Waals surface area contributed by atoms with Crippen LogP contribution in [0.4, 0.5) is 10.5 Å². The zero-order valence-electron chi connectivity index (χ0n) is 17.4. The monoisotopic (exact) mass is 486 g/mol. The Bertz CT molecular complexity index is 1460. The van der Waals surface area contributed by atoms with Crippen molar-refractivity contribution < 1.29 is 4.79 Å². The molecule has 0 unspecified atom stereocenters. The normalized spacial score (nSPS) is 12.2. The second-order valence-corrected chi connectivity index (χ2v) is 10.5. The average Bonchev–Trinajstić information content (AvgIpc) is 3.62. The Kier molecular flexibility index (Phi) is 5.26. The number of benzene rings is 2. The van der Waals surface area contributed by atoms with E-state index in [9.17, 15) is 4.79 Å². The fourth-order valence-corrected chi connectivity index (χ4v) is 6.62. The molecule has 2 amide bonds. The SMILES string of the molecule is O=C(NCc1csc(-c2cccs2)n1)Nc1cc2c(c(-c3cc4ccccc4s3)c1)CN=C2. The highest BCUT2D eigenvalue weighted by molar-refractivity contribution is 7.22. The molecule has 0 fully saturated rings. The molecule has 8 heteroatoms. The van der Waals surface area contributed by atoms with Gasteiger partial charge < -0.3 is 10.6 Å². The number of thiazole rings is 1. The fraction of sp³-hybridized carbons (Fsp3) is 0.0800. The van der Waals surface area contributed by atoms with Crippen molar-refractivity contribution >= 4 is 62.0 Å². The van der Waals surface area contributed by atoms with Crippen molar-refractivity contribution in [3.8, 4) is 20.3 Å². The Morgan fingerprint density at radius 1 is 1.03 bits per heavy atom. The van der Waals surface area contributed by atoms with E-state index in [1.165, 1.54) is 20.5 Å². The van der Waals surface area contributed by atoms with Gasteiger partial charge >= 0.3 is 6.03 Å². The predicted octanol–water partition coefficient (Wildman–Crippen LogP) is 7.01. The minimum atomic E-state index is -0.252. The van der Waals surface area contributed by atoms with Crippen molar-refractivity contribution in [2.24, 2.45) is 4.99 Å². The number of hydrogen-bond donors (Lipinski definition) is 2. The summed E-state index contributed by atoms with van der Waals surface area (Å²) in [6.07, 6.45) is 1.89. The molecule has 1 aliphatic heterocycles. The third kappa shape index (κ3) is 4.08. The maximum absolute atomic E-state index is 12.6. The molecule has 6 rings (SSSR count). The summed E-state index contributed by atoms with van der Waals surface area (Å²) < 4.78 is 1.25. The Morgan fingerprint density at radius 3 is 2.85 bits per heavy atom. The first-order valence-electron chi connectivity index (χ1n) is 10.4. The molecule has 2 N–H and O–H groups in total. The van der Waals surface area contributed by atoms with Crippen molar-refractivity contribution in [1.82, 2.24) is 10.3 Å². The number of carbonyl (C=O) groups excluding carboxylic acids is 1. The molecule has 0 saturated heterocycles. The van der Waals surface area contributed by atoms with Crippen molar-refractivity contribution in [3.63, 3.8) is 0 Å². The van der Waals surface area contributed by atoms with Crippen molar-refractivity contribution in [2.75, 3.05) is 5.32 Å². The van der Waals surface area contributed by atoms with Gasteiger partial charge in [0.2, 0.25) is 0 Å². The second kappa shape index (κ2) is 8.55. The number of amides is 2. The zero-order chi connectivity index (χ0) is 22.2. The van der Waals surface area contributed by atoms with E-state index < -0.39 is 0 Å². The number of rotatable bonds is 5. The van der Waals surface area contributed by atoms with Gasteiger partial charge in [-0.25, -0.2) is 9.78 Å². The van der Waals surface area contributed by atoms with E-state index in [-0.39, 0.29) is 6.03 Å². The number of aliphatic imine (C=N–C) groups is 1. The molecule has 2 aromatic carbocycles. The number of carbonyl (C=O) groups is 1. The summed E-state index contributed by atoms with van der Waals surface area (Å²) in [4.78, 5) is 24.0. The lowest BCUT2D eigenvalue weighted by Gasteiger charge is -2.12. The molecule has 4 heterocycles. The average molecular weight is 487 g/mol. The van der Waals surface area contributed by atoms with Gasteiger partial charge in [-0.15, -0.1) is 34.0 Å². The summed E-state index contributed by atoms with van der Waals surface area (Å²) in [5.74, 6) is 0. The number of hydrogen-bond acceptors (Lipinski definition) is 6. The fourth-order valence-electron chi connectivity index (χ4n) is 3.88. The molecule has 1 aliphatic rings. The molecule has 0 spiro atoms. The number of nitrogens with zero attached hydrogens (tertiary/aromatic N) is 2. The summed E-state index contributed by atoms with van der Waals surface area (Å²) in [5.41, 5.74) is 4.99. The largest absolute Gasteiger partial charge is 0.332 e. The first-order chi connectivity index (χ1) is 16.2. The van der Waals surface area contributed by atoms with Crippen LogP contribution in [-0.2, 0) is 13.1 Å². The molecule has 0 aliphatic carbocycles. The van der Waals surface area contributed by atoms with E-state index in [1.807, 2.05) is 29.1 Å². The molecule has 5 aromatic rings. The lowest BCUT2D eigenvalue weighted by molar-refractivity contribution is 0.251. The van der Waals surface area contributed by atoms with Crippen LogP contribution in [0.15, 0.2) is 70.3 Å². The molecule has 33 heavy (non-hydrogen) atoms. The van der Waals surface area contributed by atoms with Gasteiger partial charge in [0.1, 0.15) is 5.01 Å². The standard InChI is InChI=1S/C25H18N4OS3/c30-25(27-12-18-14-32-24(28-18)22-6-3-7-31-22)29-17-8-16-11-26-13-20(16)19(10-17)23-9-15-4-1-2-5-21(15)33-23/h1-11,14H,12-13H2,(H2,27,29,30). The number of aromatic nitrogens is 1. The summed E-state index contributed by atoms with van der Waals surface area (Å²) in [5, 5.41) is 12.1. The molecular weight excluding hydrogens is 469 g/mol. The van der Waals surface area contributed by atoms with Crippen molar-refractivity contribution in [3.05, 3.63) is 82.2 Å². The van der Waals surface area contributed by atoms with Crippen LogP contribution in [0.25, 0.3) is 30.4 Å². The molecular formula is C25H18N4OS3. The number of nitrogens with one attached hydrogen (secondary N) is 2. The quantitative estimate of drug-likeness (QED) is 0.281. The lowest BCUT2D eigenvalue weighted by atomic mass is 10.0. The van der Waals surface area contributed by atoms with Crippen LogP contribution in [0.5, 0.6) is 0 Å². The van der Waals surface area contributed by atoms with Crippen LogP contribution in [0.2, 0.25) is 0 Å². The van der Waals surface area contributed by atoms with E-state index in [2.05, 4.69) is 63.1 Å². The van der Waals surface area contributed by atoms with E-state index >= 15 is 0 Å². The number of anilines is 1. The van der Waals surface area contributed by atoms with Crippen molar-refractivity contribution in [1.29, 1.82) is 0 Å². The maximum atomic E-state index is 12.6. The molecule has 0 atom stereocenters. The Labute approximate surface area is 202 Å². The van der Waals surface area contributed by atoms with Crippen LogP contribution in [0, 0.1) is 0 Å². The maximum Gasteiger partial charge on any atom is 0.319 e. The first kappa shape index (κ1) is 20.3. The van der Waals surface area contributed by atoms with Crippen LogP contribution in [-0.4, -0.2) is 17.2 Å². The number of thiophene rings is 2. The van der Waals surface area contributed by atoms with Gasteiger partial charge in [-0.1, -0.05) is 24.3 Å². The molecule has 162 valence electrons. The van der Waals surface area contributed by atoms with Gasteiger partial charge in [-0.2, -0.15) is 0 Å². The summed E-state index contributed by atoms with van der Waals surface area (Å²) >= 11 is 5.02. The van der Waals surface area contributed by atoms with Crippen LogP contribution in [0.3, 0.4) is 0 Å². The number of urea groups is 1. The van der Waals surface area contributed by atoms with Gasteiger partial charge in [0.25, 0.3) is 0 Å². The minimum absolute atomic E-state index is 0.252. The minimum Gasteiger partial charge on any atom is -0.332 e. The lowest BCUT2D eigenvalue weighted by Crippen LogP contribution is -2.28. The Hall–Kier alpha value is -3.33. The van der Waals surface area contributed by atoms with Gasteiger partial charge in [0, 0.05) is 32.4 Å². The van der Waals surface area contributed by atoms with Crippen LogP contribution < -0.4 is 10.6 Å². The van der Waals surface area contributed by atoms with Crippen LogP contribution >= 0.6 is 34.0 Å². The Balaban J connectivity index is 1.20. The van der Waals surface area contributed by atoms with Crippen LogP contribution in [0.1, 0.15) is 16.8 Å². The highest BCUT2D eigenvalue weighted by atomic mass is 32.1. The molecule has 0 radical (unpaired) electrons. The summed E-state index contributed by atoms with van der Waals surface area (Å²) in [6.45, 7) is 1.05. The third-order valence-electron chi connectivity index (χ3n) is 5.43. The zero-order valence-corrected chi connectivity index (χ0v) is 19.8. The molecule has 5 nitrogen and oxygen atoms in total. The van der Waals surface area contributed by atoms with E-state index in [1.54, 1.807) is 34.0 Å². The second-order valence-electron chi connectivity index (χ2n) is 7.64. The summed E-state index contributed by atoms with van der Waals surface area (Å²) in [6, 6.07) is 18.4. The number of fused-ring (bicyclic) bond motifs is 2. The van der Waals surface area contributed by atoms with Gasteiger partial charge in [-0.05, 0) is 52.2 Å². The van der Waals surface area contributed by atoms with Gasteiger partial charge in [0.05, 0.1) is 23.7 Å².